The number of hydrogen-bond donors (Lipinski definition) is 1. The summed E-state index contributed by atoms with van der Waals surface area (Å²) < 4.78 is 12.9. The van der Waals surface area contributed by atoms with E-state index in [0.29, 0.717) is 47.5 Å². The first-order valence-corrected chi connectivity index (χ1v) is 10.6. The van der Waals surface area contributed by atoms with Gasteiger partial charge in [-0.1, -0.05) is 30.3 Å². The fraction of sp³-hybridized carbons (Fsp3) is 0.192. The van der Waals surface area contributed by atoms with Gasteiger partial charge in [-0.15, -0.1) is 0 Å². The normalized spacial score (nSPS) is 10.7. The Kier molecular flexibility index (Phi) is 6.38. The Balaban J connectivity index is 1.65. The zero-order valence-corrected chi connectivity index (χ0v) is 18.8. The highest BCUT2D eigenvalue weighted by Gasteiger charge is 2.13. The van der Waals surface area contributed by atoms with Crippen LogP contribution in [0.1, 0.15) is 23.6 Å². The fourth-order valence-corrected chi connectivity index (χ4v) is 3.45. The number of hydrogen-bond acceptors (Lipinski definition) is 5. The average molecular weight is 441 g/mol. The van der Waals surface area contributed by atoms with Gasteiger partial charge in [-0.2, -0.15) is 0 Å². The van der Waals surface area contributed by atoms with Gasteiger partial charge in [-0.25, -0.2) is 9.83 Å². The van der Waals surface area contributed by atoms with Crippen LogP contribution in [0.5, 0.6) is 0 Å². The van der Waals surface area contributed by atoms with Crippen LogP contribution in [0.15, 0.2) is 70.1 Å². The highest BCUT2D eigenvalue weighted by molar-refractivity contribution is 5.71. The molecule has 4 aromatic rings. The van der Waals surface area contributed by atoms with Crippen molar-refractivity contribution in [1.82, 2.24) is 9.55 Å². The molecule has 0 radical (unpaired) electrons. The first kappa shape index (κ1) is 22.1. The predicted molar refractivity (Wildman–Crippen MR) is 128 cm³/mol. The third kappa shape index (κ3) is 4.71. The largest absolute Gasteiger partial charge is 0.423 e. The van der Waals surface area contributed by atoms with Crippen LogP contribution in [0.25, 0.3) is 21.9 Å². The van der Waals surface area contributed by atoms with Crippen LogP contribution in [-0.2, 0) is 11.3 Å². The van der Waals surface area contributed by atoms with Gasteiger partial charge < -0.3 is 14.5 Å². The van der Waals surface area contributed by atoms with Crippen LogP contribution in [0.4, 0.5) is 17.4 Å². The van der Waals surface area contributed by atoms with Gasteiger partial charge in [-0.05, 0) is 50.1 Å². The topological polar surface area (TPSA) is 73.7 Å². The standard InChI is InChI=1S/C26H24N4O3/c1-5-32-16-19-9-8-17(2)22(13-19)29-26-28-15-24(33-26)20-10-11-21(27-4)23(14-20)30-12-6-7-18(3)25(30)31/h6-15H,5,16H2,1-3H3,(H,28,29). The monoisotopic (exact) mass is 440 g/mol. The number of benzene rings is 2. The summed E-state index contributed by atoms with van der Waals surface area (Å²) in [7, 11) is 0. The van der Waals surface area contributed by atoms with Crippen molar-refractivity contribution in [3.8, 4) is 17.0 Å². The number of aryl methyl sites for hydroxylation is 2. The van der Waals surface area contributed by atoms with E-state index < -0.39 is 0 Å². The van der Waals surface area contributed by atoms with E-state index in [1.54, 1.807) is 49.6 Å². The lowest BCUT2D eigenvalue weighted by Crippen LogP contribution is -2.19. The average Bonchev–Trinajstić information content (AvgIpc) is 3.29. The van der Waals surface area contributed by atoms with Crippen molar-refractivity contribution in [3.05, 3.63) is 99.4 Å². The van der Waals surface area contributed by atoms with Crippen molar-refractivity contribution in [2.24, 2.45) is 0 Å². The zero-order valence-electron chi connectivity index (χ0n) is 18.8. The molecule has 0 saturated carbocycles. The lowest BCUT2D eigenvalue weighted by atomic mass is 10.1. The molecule has 33 heavy (non-hydrogen) atoms. The molecule has 0 atom stereocenters. The zero-order chi connectivity index (χ0) is 23.4. The number of ether oxygens (including phenoxy) is 1. The lowest BCUT2D eigenvalue weighted by molar-refractivity contribution is 0.134. The van der Waals surface area contributed by atoms with Gasteiger partial charge in [-0.3, -0.25) is 9.36 Å². The summed E-state index contributed by atoms with van der Waals surface area (Å²) in [5.41, 5.74) is 5.03. The molecular formula is C26H24N4O3. The maximum absolute atomic E-state index is 12.6. The highest BCUT2D eigenvalue weighted by Crippen LogP contribution is 2.31. The molecule has 2 heterocycles. The molecule has 0 aliphatic carbocycles. The van der Waals surface area contributed by atoms with Crippen LogP contribution < -0.4 is 10.9 Å². The molecule has 0 aliphatic heterocycles. The number of rotatable bonds is 7. The summed E-state index contributed by atoms with van der Waals surface area (Å²) in [4.78, 5) is 20.6. The summed E-state index contributed by atoms with van der Waals surface area (Å²) in [6, 6.07) is 15.2. The minimum atomic E-state index is -0.165. The summed E-state index contributed by atoms with van der Waals surface area (Å²) in [6.45, 7) is 14.4. The SMILES string of the molecule is [C-]#[N+]c1ccc(-c2cnc(Nc3cc(COCC)ccc3C)o2)cc1-n1cccc(C)c1=O. The van der Waals surface area contributed by atoms with Gasteiger partial charge >= 0.3 is 0 Å². The molecule has 2 aromatic carbocycles. The van der Waals surface area contributed by atoms with Gasteiger partial charge in [0.2, 0.25) is 5.69 Å². The van der Waals surface area contributed by atoms with Crippen molar-refractivity contribution in [1.29, 1.82) is 0 Å². The van der Waals surface area contributed by atoms with Crippen LogP contribution in [0, 0.1) is 20.4 Å². The number of pyridine rings is 1. The molecule has 0 bridgehead atoms. The Morgan fingerprint density at radius 3 is 2.79 bits per heavy atom. The van der Waals surface area contributed by atoms with Gasteiger partial charge in [0.05, 0.1) is 25.1 Å². The Labute approximate surface area is 192 Å². The van der Waals surface area contributed by atoms with Gasteiger partial charge in [0, 0.05) is 29.6 Å². The van der Waals surface area contributed by atoms with Crippen LogP contribution in [0.2, 0.25) is 0 Å². The highest BCUT2D eigenvalue weighted by atomic mass is 16.5. The lowest BCUT2D eigenvalue weighted by Gasteiger charge is -2.10. The van der Waals surface area contributed by atoms with Crippen molar-refractivity contribution >= 4 is 17.4 Å². The van der Waals surface area contributed by atoms with Crippen LogP contribution in [-0.4, -0.2) is 16.2 Å². The number of nitrogens with zero attached hydrogens (tertiary/aromatic N) is 3. The Hall–Kier alpha value is -4.15. The molecular weight excluding hydrogens is 416 g/mol. The number of nitrogens with one attached hydrogen (secondary N) is 1. The molecule has 7 nitrogen and oxygen atoms in total. The van der Waals surface area contributed by atoms with E-state index >= 15 is 0 Å². The maximum Gasteiger partial charge on any atom is 0.299 e. The van der Waals surface area contributed by atoms with Crippen molar-refractivity contribution in [3.63, 3.8) is 0 Å². The van der Waals surface area contributed by atoms with Gasteiger partial charge in [0.25, 0.3) is 11.6 Å². The van der Waals surface area contributed by atoms with Gasteiger partial charge in [0.15, 0.2) is 5.76 Å². The first-order valence-electron chi connectivity index (χ1n) is 10.6. The number of anilines is 2. The van der Waals surface area contributed by atoms with E-state index in [4.69, 9.17) is 15.7 Å². The Morgan fingerprint density at radius 2 is 2.00 bits per heavy atom. The summed E-state index contributed by atoms with van der Waals surface area (Å²) in [5, 5.41) is 3.23. The third-order valence-corrected chi connectivity index (χ3v) is 5.30. The molecule has 4 rings (SSSR count). The maximum atomic E-state index is 12.6. The first-order chi connectivity index (χ1) is 16.0. The summed E-state index contributed by atoms with van der Waals surface area (Å²) >= 11 is 0. The quantitative estimate of drug-likeness (QED) is 0.360. The predicted octanol–water partition coefficient (Wildman–Crippen LogP) is 5.94. The number of aromatic nitrogens is 2. The molecule has 0 saturated heterocycles. The second-order valence-electron chi connectivity index (χ2n) is 7.62. The van der Waals surface area contributed by atoms with E-state index in [1.165, 1.54) is 4.57 Å². The molecule has 0 amide bonds. The van der Waals surface area contributed by atoms with Crippen molar-refractivity contribution in [2.75, 3.05) is 11.9 Å². The van der Waals surface area contributed by atoms with E-state index in [-0.39, 0.29) is 5.56 Å². The second kappa shape index (κ2) is 9.55. The van der Waals surface area contributed by atoms with E-state index in [1.807, 2.05) is 32.0 Å². The molecule has 1 N–H and O–H groups in total. The van der Waals surface area contributed by atoms with E-state index in [0.717, 1.165) is 16.8 Å². The molecule has 7 heteroatoms. The Morgan fingerprint density at radius 1 is 1.15 bits per heavy atom. The van der Waals surface area contributed by atoms with Crippen LogP contribution in [0.3, 0.4) is 0 Å². The molecule has 0 aliphatic rings. The molecule has 0 spiro atoms. The van der Waals surface area contributed by atoms with Gasteiger partial charge in [0.1, 0.15) is 0 Å². The molecule has 2 aromatic heterocycles. The minimum Gasteiger partial charge on any atom is -0.423 e. The van der Waals surface area contributed by atoms with Crippen LogP contribution >= 0.6 is 0 Å². The minimum absolute atomic E-state index is 0.165. The number of oxazole rings is 1. The molecule has 0 unspecified atom stereocenters. The third-order valence-electron chi connectivity index (χ3n) is 5.30. The molecule has 166 valence electrons. The van der Waals surface area contributed by atoms with Crippen molar-refractivity contribution < 1.29 is 9.15 Å². The Bertz CT molecular complexity index is 1400. The van der Waals surface area contributed by atoms with E-state index in [2.05, 4.69) is 15.1 Å². The van der Waals surface area contributed by atoms with E-state index in [9.17, 15) is 4.79 Å². The smallest absolute Gasteiger partial charge is 0.299 e. The molecule has 0 fully saturated rings. The fourth-order valence-electron chi connectivity index (χ4n) is 3.45. The van der Waals surface area contributed by atoms with Crippen molar-refractivity contribution in [2.45, 2.75) is 27.4 Å². The second-order valence-corrected chi connectivity index (χ2v) is 7.62. The summed E-state index contributed by atoms with van der Waals surface area (Å²) in [6.07, 6.45) is 3.28. The summed E-state index contributed by atoms with van der Waals surface area (Å²) in [5.74, 6) is 0.527.